The van der Waals surface area contributed by atoms with Gasteiger partial charge in [0.1, 0.15) is 23.3 Å². The molecule has 0 saturated carbocycles. The van der Waals surface area contributed by atoms with Gasteiger partial charge in [0.2, 0.25) is 11.8 Å². The summed E-state index contributed by atoms with van der Waals surface area (Å²) in [6.45, 7) is 4.39. The van der Waals surface area contributed by atoms with Gasteiger partial charge in [-0.1, -0.05) is 24.3 Å². The molecule has 5 unspecified atom stereocenters. The van der Waals surface area contributed by atoms with E-state index < -0.39 is 29.6 Å². The molecule has 5 rings (SSSR count). The van der Waals surface area contributed by atoms with Gasteiger partial charge in [-0.25, -0.2) is 9.37 Å². The number of nitrogens with one attached hydrogen (secondary N) is 1. The van der Waals surface area contributed by atoms with Gasteiger partial charge in [-0.05, 0) is 31.5 Å². The molecule has 2 aromatic rings. The van der Waals surface area contributed by atoms with Crippen molar-refractivity contribution in [2.24, 2.45) is 18.9 Å². The van der Waals surface area contributed by atoms with E-state index in [1.807, 2.05) is 37.6 Å². The molecule has 2 amide bonds. The standard InChI is InChI=1S/C23H25FN4O3/c1-13(2)28-12-23-9-8-16(31-23)17(18(23)22(28)30)21(29)26-19(20-25-10-11-27(20)3)14-4-6-15(24)7-5-14/h4-11,13,16-19H,12H2,1-3H3,(H,26,29). The molecule has 0 aliphatic carbocycles. The molecular formula is C23H25FN4O3. The Hall–Kier alpha value is -3.00. The fourth-order valence-corrected chi connectivity index (χ4v) is 5.11. The minimum atomic E-state index is -0.734. The zero-order valence-corrected chi connectivity index (χ0v) is 17.7. The Morgan fingerprint density at radius 3 is 2.71 bits per heavy atom. The van der Waals surface area contributed by atoms with Crippen molar-refractivity contribution in [2.45, 2.75) is 37.6 Å². The van der Waals surface area contributed by atoms with Crippen LogP contribution in [0.5, 0.6) is 0 Å². The smallest absolute Gasteiger partial charge is 0.230 e. The zero-order valence-electron chi connectivity index (χ0n) is 17.7. The van der Waals surface area contributed by atoms with Gasteiger partial charge in [0, 0.05) is 25.5 Å². The lowest BCUT2D eigenvalue weighted by Crippen LogP contribution is -2.45. The summed E-state index contributed by atoms with van der Waals surface area (Å²) in [4.78, 5) is 32.9. The summed E-state index contributed by atoms with van der Waals surface area (Å²) < 4.78 is 21.5. The highest BCUT2D eigenvalue weighted by molar-refractivity contribution is 5.93. The van der Waals surface area contributed by atoms with Gasteiger partial charge in [0.15, 0.2) is 0 Å². The van der Waals surface area contributed by atoms with Crippen LogP contribution in [0.4, 0.5) is 4.39 Å². The molecule has 1 spiro atoms. The Morgan fingerprint density at radius 1 is 1.32 bits per heavy atom. The number of rotatable bonds is 5. The maximum atomic E-state index is 13.5. The Labute approximate surface area is 179 Å². The molecule has 2 saturated heterocycles. The van der Waals surface area contributed by atoms with E-state index in [1.54, 1.807) is 29.4 Å². The van der Waals surface area contributed by atoms with E-state index in [9.17, 15) is 14.0 Å². The number of likely N-dealkylation sites (tertiary alicyclic amines) is 1. The highest BCUT2D eigenvalue weighted by atomic mass is 19.1. The average Bonchev–Trinajstić information content (AvgIpc) is 3.48. The van der Waals surface area contributed by atoms with Crippen molar-refractivity contribution < 1.29 is 18.7 Å². The first kappa shape index (κ1) is 19.9. The van der Waals surface area contributed by atoms with Crippen LogP contribution in [-0.2, 0) is 21.4 Å². The van der Waals surface area contributed by atoms with Gasteiger partial charge >= 0.3 is 0 Å². The van der Waals surface area contributed by atoms with E-state index in [2.05, 4.69) is 10.3 Å². The van der Waals surface area contributed by atoms with E-state index in [0.717, 1.165) is 0 Å². The number of amides is 2. The molecule has 162 valence electrons. The second-order valence-electron chi connectivity index (χ2n) is 8.85. The monoisotopic (exact) mass is 424 g/mol. The zero-order chi connectivity index (χ0) is 21.9. The summed E-state index contributed by atoms with van der Waals surface area (Å²) in [5, 5.41) is 3.07. The van der Waals surface area contributed by atoms with Crippen molar-refractivity contribution >= 4 is 11.8 Å². The summed E-state index contributed by atoms with van der Waals surface area (Å²) in [5.41, 5.74) is -0.0252. The molecule has 2 bridgehead atoms. The first-order chi connectivity index (χ1) is 14.8. The third-order valence-electron chi connectivity index (χ3n) is 6.66. The minimum Gasteiger partial charge on any atom is -0.360 e. The quantitative estimate of drug-likeness (QED) is 0.745. The van der Waals surface area contributed by atoms with Crippen molar-refractivity contribution in [1.29, 1.82) is 0 Å². The molecule has 4 heterocycles. The third kappa shape index (κ3) is 3.00. The van der Waals surface area contributed by atoms with Crippen molar-refractivity contribution in [2.75, 3.05) is 6.54 Å². The van der Waals surface area contributed by atoms with E-state index in [0.29, 0.717) is 17.9 Å². The molecule has 1 aromatic heterocycles. The highest BCUT2D eigenvalue weighted by Crippen LogP contribution is 2.52. The molecule has 5 atom stereocenters. The summed E-state index contributed by atoms with van der Waals surface area (Å²) >= 11 is 0. The molecular weight excluding hydrogens is 399 g/mol. The number of benzene rings is 1. The maximum absolute atomic E-state index is 13.5. The molecule has 8 heteroatoms. The Kier molecular flexibility index (Phi) is 4.51. The minimum absolute atomic E-state index is 0.0340. The number of halogens is 1. The normalized spacial score (nSPS) is 29.6. The number of imidazole rings is 1. The predicted octanol–water partition coefficient (Wildman–Crippen LogP) is 1.96. The fraction of sp³-hybridized carbons (Fsp3) is 0.435. The molecule has 2 fully saturated rings. The molecule has 31 heavy (non-hydrogen) atoms. The number of ether oxygens (including phenoxy) is 1. The number of hydrogen-bond donors (Lipinski definition) is 1. The number of hydrogen-bond acceptors (Lipinski definition) is 4. The molecule has 0 radical (unpaired) electrons. The van der Waals surface area contributed by atoms with Crippen LogP contribution in [0.15, 0.2) is 48.8 Å². The van der Waals surface area contributed by atoms with Crippen LogP contribution in [-0.4, -0.2) is 50.6 Å². The molecule has 3 aliphatic heterocycles. The van der Waals surface area contributed by atoms with Crippen LogP contribution in [0.3, 0.4) is 0 Å². The Morgan fingerprint density at radius 2 is 2.06 bits per heavy atom. The van der Waals surface area contributed by atoms with Crippen LogP contribution in [0, 0.1) is 17.7 Å². The summed E-state index contributed by atoms with van der Waals surface area (Å²) in [7, 11) is 1.84. The van der Waals surface area contributed by atoms with Crippen molar-refractivity contribution in [3.8, 4) is 0 Å². The Balaban J connectivity index is 1.46. The number of nitrogens with zero attached hydrogens (tertiary/aromatic N) is 3. The van der Waals surface area contributed by atoms with E-state index in [4.69, 9.17) is 4.74 Å². The van der Waals surface area contributed by atoms with E-state index in [1.165, 1.54) is 12.1 Å². The van der Waals surface area contributed by atoms with Gasteiger partial charge in [-0.3, -0.25) is 9.59 Å². The number of aromatic nitrogens is 2. The highest BCUT2D eigenvalue weighted by Gasteiger charge is 2.67. The second-order valence-corrected chi connectivity index (χ2v) is 8.85. The number of carbonyl (C=O) groups excluding carboxylic acids is 2. The van der Waals surface area contributed by atoms with Gasteiger partial charge in [-0.15, -0.1) is 0 Å². The molecule has 7 nitrogen and oxygen atoms in total. The van der Waals surface area contributed by atoms with Crippen molar-refractivity contribution in [3.05, 3.63) is 66.0 Å². The van der Waals surface area contributed by atoms with Gasteiger partial charge in [0.05, 0.1) is 24.5 Å². The van der Waals surface area contributed by atoms with Crippen molar-refractivity contribution in [1.82, 2.24) is 19.8 Å². The first-order valence-electron chi connectivity index (χ1n) is 10.5. The Bertz CT molecular complexity index is 1060. The molecule has 1 N–H and O–H groups in total. The average molecular weight is 424 g/mol. The van der Waals surface area contributed by atoms with E-state index >= 15 is 0 Å². The lowest BCUT2D eigenvalue weighted by molar-refractivity contribution is -0.138. The lowest BCUT2D eigenvalue weighted by atomic mass is 9.76. The molecule has 3 aliphatic rings. The van der Waals surface area contributed by atoms with Gasteiger partial charge in [-0.2, -0.15) is 0 Å². The lowest BCUT2D eigenvalue weighted by Gasteiger charge is -2.27. The predicted molar refractivity (Wildman–Crippen MR) is 110 cm³/mol. The first-order valence-corrected chi connectivity index (χ1v) is 10.5. The maximum Gasteiger partial charge on any atom is 0.230 e. The largest absolute Gasteiger partial charge is 0.360 e. The summed E-state index contributed by atoms with van der Waals surface area (Å²) in [5.74, 6) is -1.21. The van der Waals surface area contributed by atoms with Gasteiger partial charge in [0.25, 0.3) is 0 Å². The van der Waals surface area contributed by atoms with Gasteiger partial charge < -0.3 is 19.5 Å². The second kappa shape index (κ2) is 7.02. The number of carbonyl (C=O) groups is 2. The number of aryl methyl sites for hydroxylation is 1. The summed E-state index contributed by atoms with van der Waals surface area (Å²) in [6, 6.07) is 5.44. The fourth-order valence-electron chi connectivity index (χ4n) is 5.11. The van der Waals surface area contributed by atoms with Crippen LogP contribution >= 0.6 is 0 Å². The van der Waals surface area contributed by atoms with Crippen LogP contribution in [0.25, 0.3) is 0 Å². The topological polar surface area (TPSA) is 76.5 Å². The van der Waals surface area contributed by atoms with Crippen LogP contribution in [0.2, 0.25) is 0 Å². The van der Waals surface area contributed by atoms with E-state index in [-0.39, 0.29) is 23.7 Å². The summed E-state index contributed by atoms with van der Waals surface area (Å²) in [6.07, 6.45) is 6.85. The number of fused-ring (bicyclic) bond motifs is 1. The molecule has 1 aromatic carbocycles. The van der Waals surface area contributed by atoms with Crippen LogP contribution in [0.1, 0.15) is 31.3 Å². The third-order valence-corrected chi connectivity index (χ3v) is 6.66. The van der Waals surface area contributed by atoms with Crippen LogP contribution < -0.4 is 5.32 Å². The van der Waals surface area contributed by atoms with Crippen molar-refractivity contribution in [3.63, 3.8) is 0 Å². The SMILES string of the molecule is CC(C)N1CC23C=CC(O2)C(C(=O)NC(c2ccc(F)cc2)c2nccn2C)C3C1=O.